The molecule has 0 fully saturated rings. The van der Waals surface area contributed by atoms with Gasteiger partial charge in [-0.05, 0) is 13.0 Å². The fraction of sp³-hybridized carbons (Fsp3) is 0.222. The third kappa shape index (κ3) is 3.16. The van der Waals surface area contributed by atoms with E-state index in [1.807, 2.05) is 0 Å². The van der Waals surface area contributed by atoms with Crippen molar-refractivity contribution < 1.29 is 22.4 Å². The molecule has 4 aromatic rings. The van der Waals surface area contributed by atoms with Crippen molar-refractivity contribution in [2.75, 3.05) is 16.8 Å². The van der Waals surface area contributed by atoms with E-state index in [0.29, 0.717) is 0 Å². The quantitative estimate of drug-likeness (QED) is 0.440. The van der Waals surface area contributed by atoms with Crippen LogP contribution in [0.1, 0.15) is 12.6 Å². The largest absolute Gasteiger partial charge is 0.401 e. The van der Waals surface area contributed by atoms with Crippen molar-refractivity contribution in [3.63, 3.8) is 0 Å². The zero-order valence-corrected chi connectivity index (χ0v) is 17.3. The summed E-state index contributed by atoms with van der Waals surface area (Å²) in [5, 5.41) is 14.1. The number of anilines is 2. The summed E-state index contributed by atoms with van der Waals surface area (Å²) in [6.07, 6.45) is 1.12. The number of pyridine rings is 1. The monoisotopic (exact) mass is 481 g/mol. The van der Waals surface area contributed by atoms with Crippen molar-refractivity contribution in [2.45, 2.75) is 18.5 Å². The summed E-state index contributed by atoms with van der Waals surface area (Å²) in [7, 11) is 0. The van der Waals surface area contributed by atoms with Gasteiger partial charge in [0.1, 0.15) is 5.41 Å². The van der Waals surface area contributed by atoms with Crippen LogP contribution in [0.15, 0.2) is 37.1 Å². The van der Waals surface area contributed by atoms with Crippen LogP contribution in [-0.2, 0) is 5.41 Å². The van der Waals surface area contributed by atoms with E-state index in [9.17, 15) is 22.4 Å². The van der Waals surface area contributed by atoms with Crippen molar-refractivity contribution in [2.24, 2.45) is 0 Å². The van der Waals surface area contributed by atoms with E-state index in [-0.39, 0.29) is 27.9 Å². The minimum atomic E-state index is -4.77. The maximum atomic E-state index is 14.1. The Morgan fingerprint density at radius 2 is 1.88 bits per heavy atom. The van der Waals surface area contributed by atoms with E-state index in [1.165, 1.54) is 29.5 Å². The fourth-order valence-corrected chi connectivity index (χ4v) is 3.89. The Morgan fingerprint density at radius 3 is 2.55 bits per heavy atom. The van der Waals surface area contributed by atoms with Crippen LogP contribution in [0.5, 0.6) is 0 Å². The second-order valence-electron chi connectivity index (χ2n) is 7.41. The van der Waals surface area contributed by atoms with Gasteiger partial charge < -0.3 is 5.32 Å². The number of halogens is 5. The predicted octanol–water partition coefficient (Wildman–Crippen LogP) is 3.37. The first-order chi connectivity index (χ1) is 15.6. The normalized spacial score (nSPS) is 18.1. The smallest absolute Gasteiger partial charge is 0.306 e. The van der Waals surface area contributed by atoms with Crippen molar-refractivity contribution in [3.8, 4) is 5.82 Å². The number of fused-ring (bicyclic) bond motifs is 3. The van der Waals surface area contributed by atoms with Gasteiger partial charge in [0, 0.05) is 6.54 Å². The second-order valence-corrected chi connectivity index (χ2v) is 7.82. The van der Waals surface area contributed by atoms with E-state index in [1.54, 1.807) is 0 Å². The lowest BCUT2D eigenvalue weighted by atomic mass is 9.88. The molecule has 0 saturated heterocycles. The molecule has 0 spiro atoms. The highest BCUT2D eigenvalue weighted by molar-refractivity contribution is 6.32. The summed E-state index contributed by atoms with van der Waals surface area (Å²) >= 11 is 6.18. The van der Waals surface area contributed by atoms with Crippen molar-refractivity contribution in [1.82, 2.24) is 34.6 Å². The number of aromatic nitrogens is 7. The number of alkyl halides is 3. The number of urea groups is 1. The highest BCUT2D eigenvalue weighted by Gasteiger charge is 2.60. The van der Waals surface area contributed by atoms with E-state index in [2.05, 4.69) is 30.6 Å². The second kappa shape index (κ2) is 7.10. The molecule has 4 aromatic heterocycles. The van der Waals surface area contributed by atoms with Crippen LogP contribution in [-0.4, -0.2) is 53.3 Å². The number of nitrogens with one attached hydrogen (secondary N) is 1. The number of rotatable bonds is 2. The molecular formula is C18H12ClF4N9O. The molecule has 0 aromatic carbocycles. The number of amides is 2. The van der Waals surface area contributed by atoms with E-state index in [4.69, 9.17) is 11.6 Å². The van der Waals surface area contributed by atoms with E-state index in [0.717, 1.165) is 28.7 Å². The number of hydrogen-bond donors (Lipinski definition) is 1. The molecule has 0 aliphatic carbocycles. The molecule has 1 aliphatic heterocycles. The summed E-state index contributed by atoms with van der Waals surface area (Å²) in [6.45, 7) is 0.152. The third-order valence-electron chi connectivity index (χ3n) is 5.30. The van der Waals surface area contributed by atoms with Gasteiger partial charge in [0.25, 0.3) is 0 Å². The fourth-order valence-electron chi connectivity index (χ4n) is 3.65. The highest BCUT2D eigenvalue weighted by atomic mass is 35.5. The molecule has 2 amide bonds. The zero-order valence-electron chi connectivity index (χ0n) is 16.5. The number of hydrogen-bond acceptors (Lipinski definition) is 6. The lowest BCUT2D eigenvalue weighted by Crippen LogP contribution is -2.46. The Morgan fingerprint density at radius 1 is 1.15 bits per heavy atom. The molecule has 10 nitrogen and oxygen atoms in total. The molecule has 1 atom stereocenters. The molecule has 0 bridgehead atoms. The van der Waals surface area contributed by atoms with Crippen LogP contribution >= 0.6 is 11.6 Å². The summed E-state index contributed by atoms with van der Waals surface area (Å²) in [6, 6.07) is 0.468. The van der Waals surface area contributed by atoms with Crippen LogP contribution in [0, 0.1) is 5.82 Å². The van der Waals surface area contributed by atoms with E-state index < -0.39 is 35.7 Å². The maximum Gasteiger partial charge on any atom is 0.401 e. The SMILES string of the molecule is C[C@@]1(C(F)(F)F)CN(C(=O)Nc2cnc(-n3nccn3)c(Cl)c2)c2cnc3c(F)cnn3c21. The highest BCUT2D eigenvalue weighted by Crippen LogP contribution is 2.49. The number of carbonyl (C=O) groups is 1. The summed E-state index contributed by atoms with van der Waals surface area (Å²) in [5.74, 6) is -0.680. The van der Waals surface area contributed by atoms with Crippen molar-refractivity contribution >= 4 is 34.7 Å². The molecule has 170 valence electrons. The molecule has 5 heterocycles. The molecule has 33 heavy (non-hydrogen) atoms. The van der Waals surface area contributed by atoms with Gasteiger partial charge in [-0.15, -0.1) is 4.80 Å². The van der Waals surface area contributed by atoms with Gasteiger partial charge in [0.15, 0.2) is 17.3 Å². The Kier molecular flexibility index (Phi) is 4.53. The molecule has 0 saturated carbocycles. The number of carbonyl (C=O) groups excluding carboxylic acids is 1. The van der Waals surface area contributed by atoms with E-state index >= 15 is 0 Å². The van der Waals surface area contributed by atoms with Gasteiger partial charge >= 0.3 is 12.2 Å². The van der Waals surface area contributed by atoms with Gasteiger partial charge in [0.2, 0.25) is 0 Å². The zero-order chi connectivity index (χ0) is 23.5. The van der Waals surface area contributed by atoms with Crippen LogP contribution in [0.25, 0.3) is 11.5 Å². The molecule has 5 rings (SSSR count). The lowest BCUT2D eigenvalue weighted by Gasteiger charge is -2.28. The van der Waals surface area contributed by atoms with Gasteiger partial charge in [0.05, 0.1) is 53.1 Å². The van der Waals surface area contributed by atoms with Crippen molar-refractivity contribution in [1.29, 1.82) is 0 Å². The summed E-state index contributed by atoms with van der Waals surface area (Å²) in [4.78, 5) is 22.9. The Balaban J connectivity index is 1.51. The lowest BCUT2D eigenvalue weighted by molar-refractivity contribution is -0.181. The molecule has 1 aliphatic rings. The average molecular weight is 482 g/mol. The molecule has 0 radical (unpaired) electrons. The molecular weight excluding hydrogens is 470 g/mol. The standard InChI is InChI=1S/C18H12ClF4N9O/c1-17(18(21,22)23)8-30(12-7-25-15-11(20)6-28-31(15)13(12)17)16(33)29-9-4-10(19)14(24-5-9)32-26-2-3-27-32/h2-7H,8H2,1H3,(H,29,33)/t17-/m1/s1. The summed E-state index contributed by atoms with van der Waals surface area (Å²) in [5.41, 5.74) is -3.31. The Bertz CT molecular complexity index is 1390. The van der Waals surface area contributed by atoms with Crippen LogP contribution < -0.4 is 10.2 Å². The minimum Gasteiger partial charge on any atom is -0.306 e. The molecule has 15 heteroatoms. The van der Waals surface area contributed by atoms with Gasteiger partial charge in [-0.1, -0.05) is 11.6 Å². The summed E-state index contributed by atoms with van der Waals surface area (Å²) < 4.78 is 57.0. The third-order valence-corrected chi connectivity index (χ3v) is 5.58. The first-order valence-corrected chi connectivity index (χ1v) is 9.68. The average Bonchev–Trinajstić information content (AvgIpc) is 3.47. The van der Waals surface area contributed by atoms with Crippen LogP contribution in [0.3, 0.4) is 0 Å². The predicted molar refractivity (Wildman–Crippen MR) is 107 cm³/mol. The van der Waals surface area contributed by atoms with Crippen LogP contribution in [0.4, 0.5) is 33.7 Å². The van der Waals surface area contributed by atoms with Gasteiger partial charge in [-0.3, -0.25) is 4.90 Å². The molecule has 0 unspecified atom stereocenters. The Hall–Kier alpha value is -3.81. The molecule has 1 N–H and O–H groups in total. The minimum absolute atomic E-state index is 0.0985. The maximum absolute atomic E-state index is 14.1. The van der Waals surface area contributed by atoms with Gasteiger partial charge in [-0.25, -0.2) is 23.7 Å². The first-order valence-electron chi connectivity index (χ1n) is 9.30. The van der Waals surface area contributed by atoms with Crippen LogP contribution in [0.2, 0.25) is 5.02 Å². The van der Waals surface area contributed by atoms with Crippen molar-refractivity contribution in [3.05, 3.63) is 53.6 Å². The Labute approximate surface area is 186 Å². The number of nitrogens with zero attached hydrogens (tertiary/aromatic N) is 8. The first kappa shape index (κ1) is 21.1. The topological polar surface area (TPSA) is 106 Å². The van der Waals surface area contributed by atoms with Gasteiger partial charge in [-0.2, -0.15) is 28.5 Å².